The van der Waals surface area contributed by atoms with Crippen molar-refractivity contribution in [1.82, 2.24) is 14.7 Å². The number of Topliss-reactive ketones (excluding diaryl/α,β-unsaturated/α-hetero) is 1. The van der Waals surface area contributed by atoms with Gasteiger partial charge in [-0.25, -0.2) is 4.79 Å². The number of carbonyl (C=O) groups excluding carboxylic acids is 2. The van der Waals surface area contributed by atoms with E-state index in [1.165, 1.54) is 18.4 Å². The maximum absolute atomic E-state index is 13.3. The van der Waals surface area contributed by atoms with Crippen LogP contribution in [0.2, 0.25) is 0 Å². The summed E-state index contributed by atoms with van der Waals surface area (Å²) in [5.41, 5.74) is 1.31. The average Bonchev–Trinajstić information content (AvgIpc) is 3.57. The van der Waals surface area contributed by atoms with Gasteiger partial charge in [-0.05, 0) is 63.6 Å². The molecule has 164 valence electrons. The molecule has 1 aliphatic heterocycles. The molecule has 1 heterocycles. The Hall–Kier alpha value is -1.88. The lowest BCUT2D eigenvalue weighted by atomic mass is 9.68. The highest BCUT2D eigenvalue weighted by Crippen LogP contribution is 2.50. The van der Waals surface area contributed by atoms with Crippen molar-refractivity contribution in [3.8, 4) is 0 Å². The van der Waals surface area contributed by atoms with Crippen LogP contribution in [0.1, 0.15) is 64.4 Å². The summed E-state index contributed by atoms with van der Waals surface area (Å²) in [5.74, 6) is 0.818. The topological polar surface area (TPSA) is 43.9 Å². The third-order valence-corrected chi connectivity index (χ3v) is 7.98. The average molecular weight is 412 g/mol. The maximum Gasteiger partial charge on any atom is 0.321 e. The van der Waals surface area contributed by atoms with E-state index in [4.69, 9.17) is 0 Å². The minimum absolute atomic E-state index is 0.0300. The number of amides is 2. The molecule has 4 rings (SSSR count). The third kappa shape index (κ3) is 3.77. The minimum atomic E-state index is -0.111. The summed E-state index contributed by atoms with van der Waals surface area (Å²) in [5, 5.41) is 0. The van der Waals surface area contributed by atoms with Crippen LogP contribution < -0.4 is 0 Å². The standard InChI is InChI=1S/C25H37N3O2/c1-4-22(29)18-27-19-24(28(23(27)30)17-20-11-12-20)13-15-25(16-14-24,26(3)5-2)21-9-7-6-8-10-21/h6-10,20H,4-5,11-19H2,1-3H3. The van der Waals surface area contributed by atoms with Crippen LogP contribution in [0.5, 0.6) is 0 Å². The van der Waals surface area contributed by atoms with Gasteiger partial charge >= 0.3 is 6.03 Å². The Morgan fingerprint density at radius 2 is 1.77 bits per heavy atom. The number of carbonyl (C=O) groups is 2. The van der Waals surface area contributed by atoms with Crippen molar-refractivity contribution in [3.63, 3.8) is 0 Å². The molecule has 0 bridgehead atoms. The zero-order valence-corrected chi connectivity index (χ0v) is 18.9. The molecule has 1 aromatic rings. The fourth-order valence-electron chi connectivity index (χ4n) is 5.66. The molecule has 0 unspecified atom stereocenters. The van der Waals surface area contributed by atoms with E-state index in [-0.39, 0.29) is 29.4 Å². The number of hydrogen-bond acceptors (Lipinski definition) is 3. The first-order chi connectivity index (χ1) is 14.4. The van der Waals surface area contributed by atoms with Gasteiger partial charge in [0.1, 0.15) is 0 Å². The first kappa shape index (κ1) is 21.4. The molecular weight excluding hydrogens is 374 g/mol. The molecule has 2 aliphatic carbocycles. The Kier molecular flexibility index (Phi) is 5.93. The first-order valence-corrected chi connectivity index (χ1v) is 11.8. The van der Waals surface area contributed by atoms with Gasteiger partial charge < -0.3 is 9.80 Å². The Bertz CT molecular complexity index is 766. The Morgan fingerprint density at radius 3 is 2.33 bits per heavy atom. The molecule has 5 nitrogen and oxygen atoms in total. The van der Waals surface area contributed by atoms with Crippen LogP contribution in [0.4, 0.5) is 4.79 Å². The van der Waals surface area contributed by atoms with Gasteiger partial charge in [0.25, 0.3) is 0 Å². The van der Waals surface area contributed by atoms with E-state index in [2.05, 4.69) is 54.1 Å². The summed E-state index contributed by atoms with van der Waals surface area (Å²) in [6, 6.07) is 11.0. The second-order valence-corrected chi connectivity index (χ2v) is 9.72. The van der Waals surface area contributed by atoms with Crippen LogP contribution in [0.3, 0.4) is 0 Å². The summed E-state index contributed by atoms with van der Waals surface area (Å²) in [4.78, 5) is 31.9. The van der Waals surface area contributed by atoms with Crippen molar-refractivity contribution in [1.29, 1.82) is 0 Å². The summed E-state index contributed by atoms with van der Waals surface area (Å²) >= 11 is 0. The van der Waals surface area contributed by atoms with Crippen molar-refractivity contribution in [2.75, 3.05) is 33.2 Å². The predicted molar refractivity (Wildman–Crippen MR) is 119 cm³/mol. The Morgan fingerprint density at radius 1 is 1.10 bits per heavy atom. The number of urea groups is 1. The summed E-state index contributed by atoms with van der Waals surface area (Å²) in [6.07, 6.45) is 7.07. The second kappa shape index (κ2) is 8.33. The van der Waals surface area contributed by atoms with Gasteiger partial charge in [0.2, 0.25) is 0 Å². The van der Waals surface area contributed by atoms with E-state index in [1.54, 1.807) is 0 Å². The van der Waals surface area contributed by atoms with E-state index in [0.717, 1.165) is 38.8 Å². The highest BCUT2D eigenvalue weighted by molar-refractivity contribution is 5.87. The van der Waals surface area contributed by atoms with Crippen molar-refractivity contribution >= 4 is 11.8 Å². The van der Waals surface area contributed by atoms with Gasteiger partial charge in [0, 0.05) is 25.0 Å². The predicted octanol–water partition coefficient (Wildman–Crippen LogP) is 4.27. The molecule has 0 atom stereocenters. The van der Waals surface area contributed by atoms with E-state index in [0.29, 0.717) is 18.9 Å². The summed E-state index contributed by atoms with van der Waals surface area (Å²) in [6.45, 7) is 6.98. The normalized spacial score (nSPS) is 29.3. The van der Waals surface area contributed by atoms with Crippen LogP contribution in [-0.4, -0.2) is 65.3 Å². The van der Waals surface area contributed by atoms with Gasteiger partial charge in [-0.2, -0.15) is 0 Å². The Labute approximate surface area is 181 Å². The van der Waals surface area contributed by atoms with Crippen molar-refractivity contribution < 1.29 is 9.59 Å². The summed E-state index contributed by atoms with van der Waals surface area (Å²) < 4.78 is 0. The highest BCUT2D eigenvalue weighted by atomic mass is 16.2. The van der Waals surface area contributed by atoms with Crippen molar-refractivity contribution in [3.05, 3.63) is 35.9 Å². The number of rotatable bonds is 8. The zero-order valence-electron chi connectivity index (χ0n) is 18.9. The third-order valence-electron chi connectivity index (χ3n) is 7.98. The molecule has 3 fully saturated rings. The first-order valence-electron chi connectivity index (χ1n) is 11.8. The highest BCUT2D eigenvalue weighted by Gasteiger charge is 2.55. The van der Waals surface area contributed by atoms with E-state index < -0.39 is 0 Å². The lowest BCUT2D eigenvalue weighted by Gasteiger charge is -2.51. The molecule has 30 heavy (non-hydrogen) atoms. The molecular formula is C25H37N3O2. The number of nitrogens with zero attached hydrogens (tertiary/aromatic N) is 3. The van der Waals surface area contributed by atoms with E-state index in [1.807, 2.05) is 11.8 Å². The fourth-order valence-corrected chi connectivity index (χ4v) is 5.66. The molecule has 2 amide bonds. The second-order valence-electron chi connectivity index (χ2n) is 9.72. The molecule has 0 aromatic heterocycles. The lowest BCUT2D eigenvalue weighted by molar-refractivity contribution is -0.119. The quantitative estimate of drug-likeness (QED) is 0.642. The zero-order chi connectivity index (χ0) is 21.4. The smallest absolute Gasteiger partial charge is 0.317 e. The fraction of sp³-hybridized carbons (Fsp3) is 0.680. The monoisotopic (exact) mass is 411 g/mol. The molecule has 1 aromatic carbocycles. The van der Waals surface area contributed by atoms with Crippen LogP contribution >= 0.6 is 0 Å². The molecule has 1 spiro atoms. The van der Waals surface area contributed by atoms with Gasteiger partial charge in [-0.1, -0.05) is 44.2 Å². The van der Waals surface area contributed by atoms with Gasteiger partial charge in [0.05, 0.1) is 12.1 Å². The van der Waals surface area contributed by atoms with Crippen molar-refractivity contribution in [2.24, 2.45) is 5.92 Å². The van der Waals surface area contributed by atoms with Crippen molar-refractivity contribution in [2.45, 2.75) is 69.9 Å². The Balaban J connectivity index is 1.59. The van der Waals surface area contributed by atoms with Gasteiger partial charge in [0.15, 0.2) is 5.78 Å². The molecule has 0 N–H and O–H groups in total. The SMILES string of the molecule is CCC(=O)CN1CC2(CCC(c3ccccc3)(N(C)CC)CC2)N(CC2CC2)C1=O. The summed E-state index contributed by atoms with van der Waals surface area (Å²) in [7, 11) is 2.24. The molecule has 2 saturated carbocycles. The van der Waals surface area contributed by atoms with Gasteiger partial charge in [-0.3, -0.25) is 9.69 Å². The van der Waals surface area contributed by atoms with Gasteiger partial charge in [-0.15, -0.1) is 0 Å². The minimum Gasteiger partial charge on any atom is -0.317 e. The molecule has 5 heteroatoms. The van der Waals surface area contributed by atoms with Crippen LogP contribution in [-0.2, 0) is 10.3 Å². The molecule has 3 aliphatic rings. The van der Waals surface area contributed by atoms with Crippen LogP contribution in [0.15, 0.2) is 30.3 Å². The van der Waals surface area contributed by atoms with Crippen LogP contribution in [0, 0.1) is 5.92 Å². The molecule has 1 saturated heterocycles. The largest absolute Gasteiger partial charge is 0.321 e. The van der Waals surface area contributed by atoms with E-state index >= 15 is 0 Å². The molecule has 0 radical (unpaired) electrons. The van der Waals surface area contributed by atoms with Crippen LogP contribution in [0.25, 0.3) is 0 Å². The van der Waals surface area contributed by atoms with E-state index in [9.17, 15) is 9.59 Å². The number of hydrogen-bond donors (Lipinski definition) is 0. The maximum atomic E-state index is 13.3. The lowest BCUT2D eigenvalue weighted by Crippen LogP contribution is -2.56. The number of benzene rings is 1. The number of ketones is 1.